The molecule has 0 bridgehead atoms. The van der Waals surface area contributed by atoms with Gasteiger partial charge in [-0.1, -0.05) is 11.3 Å². The molecule has 0 aliphatic heterocycles. The van der Waals surface area contributed by atoms with Gasteiger partial charge in [0.15, 0.2) is 10.9 Å². The van der Waals surface area contributed by atoms with Crippen LogP contribution in [0.5, 0.6) is 0 Å². The van der Waals surface area contributed by atoms with Crippen LogP contribution < -0.4 is 4.90 Å². The fraction of sp³-hybridized carbons (Fsp3) is 0.375. The largest absolute Gasteiger partial charge is 0.480 e. The number of hydrogen-bond acceptors (Lipinski definition) is 5. The van der Waals surface area contributed by atoms with Crippen LogP contribution in [0, 0.1) is 0 Å². The molecule has 0 spiro atoms. The molecule has 0 aliphatic carbocycles. The highest BCUT2D eigenvalue weighted by Crippen LogP contribution is 2.21. The Morgan fingerprint density at radius 1 is 1.64 bits per heavy atom. The van der Waals surface area contributed by atoms with E-state index in [-0.39, 0.29) is 12.3 Å². The van der Waals surface area contributed by atoms with Crippen molar-refractivity contribution in [3.8, 4) is 0 Å². The molecule has 6 heteroatoms. The molecule has 14 heavy (non-hydrogen) atoms. The van der Waals surface area contributed by atoms with Gasteiger partial charge in [-0.15, -0.1) is 0 Å². The summed E-state index contributed by atoms with van der Waals surface area (Å²) >= 11 is 1.19. The van der Waals surface area contributed by atoms with Gasteiger partial charge in [0.25, 0.3) is 0 Å². The predicted octanol–water partition coefficient (Wildman–Crippen LogP) is 0.867. The highest BCUT2D eigenvalue weighted by molar-refractivity contribution is 7.17. The summed E-state index contributed by atoms with van der Waals surface area (Å²) in [5.74, 6) is -0.982. The molecule has 1 aromatic heterocycles. The monoisotopic (exact) mass is 214 g/mol. The van der Waals surface area contributed by atoms with E-state index in [9.17, 15) is 9.59 Å². The molecular formula is C8H10N2O3S. The van der Waals surface area contributed by atoms with E-state index in [2.05, 4.69) is 4.98 Å². The lowest BCUT2D eigenvalue weighted by Gasteiger charge is -2.11. The average molecular weight is 214 g/mol. The number of aromatic nitrogens is 1. The zero-order valence-corrected chi connectivity index (χ0v) is 8.67. The number of carboxylic acids is 1. The molecule has 1 heterocycles. The van der Waals surface area contributed by atoms with Crippen molar-refractivity contribution in [2.75, 3.05) is 18.5 Å². The predicted molar refractivity (Wildman–Crippen MR) is 53.0 cm³/mol. The van der Waals surface area contributed by atoms with Crippen LogP contribution in [-0.4, -0.2) is 35.4 Å². The Labute approximate surface area is 85.0 Å². The lowest BCUT2D eigenvalue weighted by atomic mass is 10.4. The van der Waals surface area contributed by atoms with E-state index in [1.165, 1.54) is 29.4 Å². The smallest absolute Gasteiger partial charge is 0.323 e. The Balaban J connectivity index is 2.76. The van der Waals surface area contributed by atoms with E-state index >= 15 is 0 Å². The molecule has 0 aromatic carbocycles. The minimum absolute atomic E-state index is 0.0579. The van der Waals surface area contributed by atoms with Gasteiger partial charge in [-0.25, -0.2) is 4.98 Å². The Hall–Kier alpha value is -1.43. The van der Waals surface area contributed by atoms with Crippen LogP contribution in [0.1, 0.15) is 16.6 Å². The topological polar surface area (TPSA) is 70.5 Å². The second kappa shape index (κ2) is 4.19. The molecule has 0 atom stereocenters. The third-order valence-corrected chi connectivity index (χ3v) is 2.75. The van der Waals surface area contributed by atoms with Crippen molar-refractivity contribution in [1.82, 2.24) is 4.98 Å². The van der Waals surface area contributed by atoms with Gasteiger partial charge < -0.3 is 10.0 Å². The molecule has 76 valence electrons. The Morgan fingerprint density at radius 3 is 2.71 bits per heavy atom. The third kappa shape index (κ3) is 2.53. The highest BCUT2D eigenvalue weighted by atomic mass is 32.1. The Morgan fingerprint density at radius 2 is 2.29 bits per heavy atom. The molecule has 0 radical (unpaired) electrons. The van der Waals surface area contributed by atoms with Crippen LogP contribution in [0.15, 0.2) is 6.20 Å². The van der Waals surface area contributed by atoms with Crippen molar-refractivity contribution in [3.63, 3.8) is 0 Å². The molecule has 1 rings (SSSR count). The molecule has 0 unspecified atom stereocenters. The normalized spacial score (nSPS) is 9.86. The first-order valence-electron chi connectivity index (χ1n) is 3.90. The van der Waals surface area contributed by atoms with Crippen LogP contribution in [0.25, 0.3) is 0 Å². The minimum atomic E-state index is -0.924. The summed E-state index contributed by atoms with van der Waals surface area (Å²) in [6, 6.07) is 0. The van der Waals surface area contributed by atoms with Gasteiger partial charge in [0, 0.05) is 14.0 Å². The maximum Gasteiger partial charge on any atom is 0.323 e. The highest BCUT2D eigenvalue weighted by Gasteiger charge is 2.11. The molecule has 0 amide bonds. The number of anilines is 1. The summed E-state index contributed by atoms with van der Waals surface area (Å²) in [6.07, 6.45) is 1.46. The second-order valence-corrected chi connectivity index (χ2v) is 3.82. The summed E-state index contributed by atoms with van der Waals surface area (Å²) < 4.78 is 0. The fourth-order valence-electron chi connectivity index (χ4n) is 0.875. The molecule has 1 N–H and O–H groups in total. The summed E-state index contributed by atoms with van der Waals surface area (Å²) in [4.78, 5) is 27.3. The first kappa shape index (κ1) is 10.6. The maximum atomic E-state index is 10.9. The SMILES string of the molecule is CC(=O)c1cnc(N(C)CC(=O)O)s1. The van der Waals surface area contributed by atoms with Gasteiger partial charge in [0.1, 0.15) is 6.54 Å². The number of carbonyl (C=O) groups excluding carboxylic acids is 1. The van der Waals surface area contributed by atoms with E-state index in [1.807, 2.05) is 0 Å². The van der Waals surface area contributed by atoms with Crippen LogP contribution in [-0.2, 0) is 4.79 Å². The number of hydrogen-bond donors (Lipinski definition) is 1. The fourth-order valence-corrected chi connectivity index (χ4v) is 1.65. The number of aliphatic carboxylic acids is 1. The van der Waals surface area contributed by atoms with Gasteiger partial charge >= 0.3 is 5.97 Å². The number of carboxylic acid groups (broad SMARTS) is 1. The Kier molecular flexibility index (Phi) is 3.19. The number of thiazole rings is 1. The molecule has 0 fully saturated rings. The molecule has 0 aliphatic rings. The first-order valence-corrected chi connectivity index (χ1v) is 4.72. The summed E-state index contributed by atoms with van der Waals surface area (Å²) in [5.41, 5.74) is 0. The summed E-state index contributed by atoms with van der Waals surface area (Å²) in [6.45, 7) is 1.33. The second-order valence-electron chi connectivity index (χ2n) is 2.81. The van der Waals surface area contributed by atoms with Gasteiger partial charge in [-0.3, -0.25) is 9.59 Å². The molecule has 0 saturated carbocycles. The number of likely N-dealkylation sites (N-methyl/N-ethyl adjacent to an activating group) is 1. The van der Waals surface area contributed by atoms with Crippen LogP contribution in [0.3, 0.4) is 0 Å². The van der Waals surface area contributed by atoms with Gasteiger partial charge in [0.05, 0.1) is 11.1 Å². The van der Waals surface area contributed by atoms with Crippen molar-refractivity contribution in [2.45, 2.75) is 6.92 Å². The lowest BCUT2D eigenvalue weighted by Crippen LogP contribution is -2.24. The standard InChI is InChI=1S/C8H10N2O3S/c1-5(11)6-3-9-8(14-6)10(2)4-7(12)13/h3H,4H2,1-2H3,(H,12,13). The van der Waals surface area contributed by atoms with Crippen molar-refractivity contribution in [1.29, 1.82) is 0 Å². The van der Waals surface area contributed by atoms with Gasteiger partial charge in [-0.2, -0.15) is 0 Å². The van der Waals surface area contributed by atoms with E-state index < -0.39 is 5.97 Å². The van der Waals surface area contributed by atoms with Gasteiger partial charge in [-0.05, 0) is 0 Å². The molecule has 5 nitrogen and oxygen atoms in total. The summed E-state index contributed by atoms with van der Waals surface area (Å²) in [5, 5.41) is 9.07. The van der Waals surface area contributed by atoms with Crippen molar-refractivity contribution < 1.29 is 14.7 Å². The van der Waals surface area contributed by atoms with Crippen molar-refractivity contribution in [2.24, 2.45) is 0 Å². The summed E-state index contributed by atoms with van der Waals surface area (Å²) in [7, 11) is 1.62. The number of rotatable bonds is 4. The number of carbonyl (C=O) groups is 2. The first-order chi connectivity index (χ1) is 6.50. The minimum Gasteiger partial charge on any atom is -0.480 e. The third-order valence-electron chi connectivity index (χ3n) is 1.54. The number of ketones is 1. The molecule has 0 saturated heterocycles. The van der Waals surface area contributed by atoms with E-state index in [0.717, 1.165) is 0 Å². The average Bonchev–Trinajstić information content (AvgIpc) is 2.50. The van der Waals surface area contributed by atoms with E-state index in [1.54, 1.807) is 7.05 Å². The van der Waals surface area contributed by atoms with Gasteiger partial charge in [0.2, 0.25) is 0 Å². The lowest BCUT2D eigenvalue weighted by molar-refractivity contribution is -0.135. The zero-order valence-electron chi connectivity index (χ0n) is 7.85. The molecular weight excluding hydrogens is 204 g/mol. The van der Waals surface area contributed by atoms with Crippen molar-refractivity contribution in [3.05, 3.63) is 11.1 Å². The van der Waals surface area contributed by atoms with Crippen LogP contribution >= 0.6 is 11.3 Å². The molecule has 1 aromatic rings. The zero-order chi connectivity index (χ0) is 10.7. The maximum absolute atomic E-state index is 10.9. The number of Topliss-reactive ketones (excluding diaryl/α,β-unsaturated/α-hetero) is 1. The van der Waals surface area contributed by atoms with E-state index in [4.69, 9.17) is 5.11 Å². The number of nitrogens with zero attached hydrogens (tertiary/aromatic N) is 2. The van der Waals surface area contributed by atoms with Crippen molar-refractivity contribution >= 4 is 28.2 Å². The van der Waals surface area contributed by atoms with Crippen LogP contribution in [0.2, 0.25) is 0 Å². The van der Waals surface area contributed by atoms with Crippen LogP contribution in [0.4, 0.5) is 5.13 Å². The quantitative estimate of drug-likeness (QED) is 0.753. The Bertz CT molecular complexity index is 361. The van der Waals surface area contributed by atoms with E-state index in [0.29, 0.717) is 10.0 Å².